The van der Waals surface area contributed by atoms with Gasteiger partial charge in [0.1, 0.15) is 6.10 Å². The second kappa shape index (κ2) is 9.30. The van der Waals surface area contributed by atoms with Crippen molar-refractivity contribution in [3.63, 3.8) is 0 Å². The van der Waals surface area contributed by atoms with Crippen LogP contribution in [-0.2, 0) is 6.42 Å². The molecule has 1 aromatic carbocycles. The van der Waals surface area contributed by atoms with E-state index in [1.165, 1.54) is 51.4 Å². The number of halogens is 1. The van der Waals surface area contributed by atoms with Gasteiger partial charge in [0.2, 0.25) is 0 Å². The second-order valence-electron chi connectivity index (χ2n) is 8.26. The minimum atomic E-state index is -0.135. The predicted molar refractivity (Wildman–Crippen MR) is 95.6 cm³/mol. The zero-order valence-corrected chi connectivity index (χ0v) is 20.8. The van der Waals surface area contributed by atoms with Gasteiger partial charge in [-0.3, -0.25) is 0 Å². The van der Waals surface area contributed by atoms with Gasteiger partial charge in [-0.05, 0) is 74.3 Å². The van der Waals surface area contributed by atoms with Crippen LogP contribution in [0.5, 0.6) is 5.75 Å². The molecule has 0 spiro atoms. The van der Waals surface area contributed by atoms with Gasteiger partial charge in [0.25, 0.3) is 0 Å². The average molecular weight is 415 g/mol. The van der Waals surface area contributed by atoms with E-state index in [2.05, 4.69) is 6.42 Å². The van der Waals surface area contributed by atoms with E-state index in [9.17, 15) is 4.39 Å². The Morgan fingerprint density at radius 1 is 0.920 bits per heavy atom. The summed E-state index contributed by atoms with van der Waals surface area (Å²) in [5.74, 6) is 2.94. The first-order chi connectivity index (χ1) is 11.7. The molecule has 1 aromatic rings. The van der Waals surface area contributed by atoms with E-state index in [0.29, 0.717) is 17.2 Å². The topological polar surface area (TPSA) is 9.23 Å². The van der Waals surface area contributed by atoms with Crippen LogP contribution in [0.1, 0.15) is 68.9 Å². The zero-order chi connectivity index (χ0) is 16.5. The maximum absolute atomic E-state index is 14.4. The summed E-state index contributed by atoms with van der Waals surface area (Å²) in [4.78, 5) is 0. The van der Waals surface area contributed by atoms with Crippen molar-refractivity contribution in [2.75, 3.05) is 0 Å². The minimum Gasteiger partial charge on any atom is -0.487 e. The molecule has 0 amide bonds. The van der Waals surface area contributed by atoms with E-state index in [-0.39, 0.29) is 70.1 Å². The smallest absolute Gasteiger partial charge is 0.487 e. The molecule has 3 aliphatic rings. The Kier molecular flexibility index (Phi) is 7.62. The Labute approximate surface area is 201 Å². The minimum absolute atomic E-state index is 0. The molecule has 132 valence electrons. The van der Waals surface area contributed by atoms with Crippen LogP contribution in [-0.4, -0.2) is 6.10 Å². The fourth-order valence-electron chi connectivity index (χ4n) is 5.27. The van der Waals surface area contributed by atoms with Gasteiger partial charge in [-0.1, -0.05) is 25.0 Å². The normalized spacial score (nSPS) is 30.1. The molecule has 1 unspecified atom stereocenters. The molecular formula is C22H30FORb. The van der Waals surface area contributed by atoms with Crippen molar-refractivity contribution >= 4 is 0 Å². The maximum atomic E-state index is 14.4. The van der Waals surface area contributed by atoms with Gasteiger partial charge in [0.15, 0.2) is 11.6 Å². The van der Waals surface area contributed by atoms with Gasteiger partial charge in [-0.15, -0.1) is 0 Å². The summed E-state index contributed by atoms with van der Waals surface area (Å²) in [7, 11) is 0. The summed E-state index contributed by atoms with van der Waals surface area (Å²) in [5.41, 5.74) is 1.76. The van der Waals surface area contributed by atoms with Crippen LogP contribution in [0.25, 0.3) is 0 Å². The molecular weight excluding hydrogens is 385 g/mol. The van der Waals surface area contributed by atoms with Crippen molar-refractivity contribution in [3.05, 3.63) is 35.5 Å². The van der Waals surface area contributed by atoms with Gasteiger partial charge in [0.05, 0.1) is 0 Å². The van der Waals surface area contributed by atoms with Gasteiger partial charge in [0, 0.05) is 0 Å². The van der Waals surface area contributed by atoms with E-state index in [1.54, 1.807) is 0 Å². The Bertz CT molecular complexity index is 574. The summed E-state index contributed by atoms with van der Waals surface area (Å²) < 4.78 is 20.6. The fourth-order valence-corrected chi connectivity index (χ4v) is 5.27. The number of hydrogen-bond donors (Lipinski definition) is 0. The monoisotopic (exact) mass is 414 g/mol. The first-order valence-electron chi connectivity index (χ1n) is 9.98. The predicted octanol–water partition coefficient (Wildman–Crippen LogP) is 3.03. The Balaban J connectivity index is 0.00000182. The summed E-state index contributed by atoms with van der Waals surface area (Å²) in [6.45, 7) is 1.83. The van der Waals surface area contributed by atoms with Crippen LogP contribution in [0.2, 0.25) is 0 Å². The van der Waals surface area contributed by atoms with Crippen LogP contribution < -0.4 is 62.9 Å². The third-order valence-electron chi connectivity index (χ3n) is 6.83. The molecule has 1 aliphatic heterocycles. The third-order valence-corrected chi connectivity index (χ3v) is 6.83. The molecule has 2 aliphatic carbocycles. The van der Waals surface area contributed by atoms with Crippen molar-refractivity contribution in [1.82, 2.24) is 0 Å². The van der Waals surface area contributed by atoms with Gasteiger partial charge < -0.3 is 11.2 Å². The number of ether oxygens (including phenoxy) is 1. The van der Waals surface area contributed by atoms with Crippen LogP contribution >= 0.6 is 0 Å². The Morgan fingerprint density at radius 3 is 2.28 bits per heavy atom. The van der Waals surface area contributed by atoms with Crippen molar-refractivity contribution in [2.24, 2.45) is 17.8 Å². The molecule has 1 atom stereocenters. The van der Waals surface area contributed by atoms with Crippen molar-refractivity contribution in [1.29, 1.82) is 0 Å². The molecule has 1 nitrogen and oxygen atoms in total. The molecule has 25 heavy (non-hydrogen) atoms. The van der Waals surface area contributed by atoms with Gasteiger partial charge in [-0.2, -0.15) is 12.8 Å². The number of rotatable bonds is 2. The van der Waals surface area contributed by atoms with Crippen LogP contribution in [0.3, 0.4) is 0 Å². The van der Waals surface area contributed by atoms with Crippen molar-refractivity contribution in [2.45, 2.75) is 77.2 Å². The van der Waals surface area contributed by atoms with Crippen LogP contribution in [0.4, 0.5) is 4.39 Å². The summed E-state index contributed by atoms with van der Waals surface area (Å²) in [6.07, 6.45) is 15.5. The van der Waals surface area contributed by atoms with E-state index >= 15 is 0 Å². The molecule has 0 N–H and O–H groups in total. The molecule has 4 rings (SSSR count). The molecule has 1 heterocycles. The van der Waals surface area contributed by atoms with Crippen molar-refractivity contribution in [3.8, 4) is 5.75 Å². The number of hydrogen-bond acceptors (Lipinski definition) is 1. The van der Waals surface area contributed by atoms with E-state index in [1.807, 2.05) is 19.1 Å². The molecule has 3 heteroatoms. The quantitative estimate of drug-likeness (QED) is 0.676. The molecule has 0 saturated heterocycles. The van der Waals surface area contributed by atoms with Gasteiger partial charge >= 0.3 is 58.2 Å². The standard InChI is InChI=1S/C22H30FO.Rb/c1-15-7-8-19-13-14-20(24-22(19)21(15)23)18-11-9-17(10-12-18)16-5-3-2-4-6-16;/h2,7-8,16-18,20H,3-6,9-14H2,1H3;/q-1;+1. The number of benzene rings is 1. The van der Waals surface area contributed by atoms with Gasteiger partial charge in [-0.25, -0.2) is 4.39 Å². The first kappa shape index (κ1) is 20.5. The summed E-state index contributed by atoms with van der Waals surface area (Å²) in [6, 6.07) is 3.92. The summed E-state index contributed by atoms with van der Waals surface area (Å²) in [5, 5.41) is 0. The second-order valence-corrected chi connectivity index (χ2v) is 8.26. The van der Waals surface area contributed by atoms with Crippen LogP contribution in [0, 0.1) is 36.9 Å². The van der Waals surface area contributed by atoms with E-state index < -0.39 is 0 Å². The average Bonchev–Trinajstić information content (AvgIpc) is 2.65. The largest absolute Gasteiger partial charge is 1.00 e. The summed E-state index contributed by atoms with van der Waals surface area (Å²) >= 11 is 0. The Morgan fingerprint density at radius 2 is 1.56 bits per heavy atom. The van der Waals surface area contributed by atoms with E-state index in [4.69, 9.17) is 4.74 Å². The van der Waals surface area contributed by atoms with Crippen LogP contribution in [0.15, 0.2) is 12.1 Å². The third kappa shape index (κ3) is 4.61. The first-order valence-corrected chi connectivity index (χ1v) is 9.98. The molecule has 2 fully saturated rings. The molecule has 0 aromatic heterocycles. The fraction of sp³-hybridized carbons (Fsp3) is 0.682. The Hall–Kier alpha value is 0.755. The van der Waals surface area contributed by atoms with E-state index in [0.717, 1.165) is 30.2 Å². The zero-order valence-electron chi connectivity index (χ0n) is 15.9. The molecule has 0 radical (unpaired) electrons. The van der Waals surface area contributed by atoms with Crippen molar-refractivity contribution < 1.29 is 67.3 Å². The number of fused-ring (bicyclic) bond motifs is 1. The molecule has 2 saturated carbocycles. The SMILES string of the molecule is Cc1ccc2c(c1F)OC(C1CCC(C3CC[CH-]CC3)CC1)CC2.[Rb+]. The maximum Gasteiger partial charge on any atom is 1.00 e. The molecule has 0 bridgehead atoms. The number of aryl methyl sites for hydroxylation is 2.